The van der Waals surface area contributed by atoms with E-state index in [0.29, 0.717) is 0 Å². The van der Waals surface area contributed by atoms with Crippen LogP contribution in [-0.4, -0.2) is 26.2 Å². The molecule has 0 spiro atoms. The SMILES string of the molecule is O=C(O)c1ncccc1OCc1ncno1. The van der Waals surface area contributed by atoms with Crippen LogP contribution in [0.5, 0.6) is 5.75 Å². The van der Waals surface area contributed by atoms with Gasteiger partial charge in [-0.3, -0.25) is 0 Å². The minimum atomic E-state index is -1.15. The molecule has 2 heterocycles. The van der Waals surface area contributed by atoms with Gasteiger partial charge in [0.1, 0.15) is 0 Å². The number of carboxylic acid groups (broad SMARTS) is 1. The van der Waals surface area contributed by atoms with Gasteiger partial charge in [-0.1, -0.05) is 5.16 Å². The second kappa shape index (κ2) is 4.39. The van der Waals surface area contributed by atoms with E-state index in [9.17, 15) is 4.79 Å². The highest BCUT2D eigenvalue weighted by molar-refractivity contribution is 5.88. The molecule has 0 aliphatic rings. The van der Waals surface area contributed by atoms with Gasteiger partial charge in [-0.2, -0.15) is 4.98 Å². The Kier molecular flexibility index (Phi) is 2.77. The topological polar surface area (TPSA) is 98.3 Å². The van der Waals surface area contributed by atoms with E-state index in [0.717, 1.165) is 0 Å². The molecule has 0 aliphatic carbocycles. The Balaban J connectivity index is 2.12. The minimum Gasteiger partial charge on any atom is -0.481 e. The lowest BCUT2D eigenvalue weighted by Gasteiger charge is -2.04. The summed E-state index contributed by atoms with van der Waals surface area (Å²) in [5.41, 5.74) is -0.151. The number of hydrogen-bond donors (Lipinski definition) is 1. The van der Waals surface area contributed by atoms with Crippen LogP contribution in [0.4, 0.5) is 0 Å². The zero-order valence-electron chi connectivity index (χ0n) is 8.03. The van der Waals surface area contributed by atoms with Crippen molar-refractivity contribution in [3.63, 3.8) is 0 Å². The van der Waals surface area contributed by atoms with Crippen LogP contribution in [0.1, 0.15) is 16.4 Å². The first-order chi connectivity index (χ1) is 7.77. The minimum absolute atomic E-state index is 0.00593. The van der Waals surface area contributed by atoms with Crippen LogP contribution in [0.25, 0.3) is 0 Å². The van der Waals surface area contributed by atoms with Gasteiger partial charge in [0.05, 0.1) is 0 Å². The molecule has 2 rings (SSSR count). The van der Waals surface area contributed by atoms with Crippen molar-refractivity contribution in [1.82, 2.24) is 15.1 Å². The third-order valence-corrected chi connectivity index (χ3v) is 1.73. The van der Waals surface area contributed by atoms with Gasteiger partial charge in [0.15, 0.2) is 24.4 Å². The third-order valence-electron chi connectivity index (χ3n) is 1.73. The standard InChI is InChI=1S/C9H7N3O4/c13-9(14)8-6(2-1-3-10-8)15-4-7-11-5-12-16-7/h1-3,5H,4H2,(H,13,14). The van der Waals surface area contributed by atoms with E-state index in [1.54, 1.807) is 6.07 Å². The van der Waals surface area contributed by atoms with Gasteiger partial charge in [0.25, 0.3) is 5.89 Å². The summed E-state index contributed by atoms with van der Waals surface area (Å²) >= 11 is 0. The second-order valence-electron chi connectivity index (χ2n) is 2.78. The van der Waals surface area contributed by atoms with Gasteiger partial charge >= 0.3 is 5.97 Å². The second-order valence-corrected chi connectivity index (χ2v) is 2.78. The van der Waals surface area contributed by atoms with Crippen molar-refractivity contribution in [2.45, 2.75) is 6.61 Å². The molecular formula is C9H7N3O4. The first-order valence-electron chi connectivity index (χ1n) is 4.34. The molecule has 0 saturated heterocycles. The first-order valence-corrected chi connectivity index (χ1v) is 4.34. The highest BCUT2D eigenvalue weighted by Gasteiger charge is 2.12. The third kappa shape index (κ3) is 2.14. The molecule has 0 saturated carbocycles. The molecule has 0 unspecified atom stereocenters. The van der Waals surface area contributed by atoms with Gasteiger partial charge < -0.3 is 14.4 Å². The van der Waals surface area contributed by atoms with E-state index in [1.165, 1.54) is 18.6 Å². The average molecular weight is 221 g/mol. The van der Waals surface area contributed by atoms with Crippen LogP contribution in [0.15, 0.2) is 29.2 Å². The molecule has 82 valence electrons. The van der Waals surface area contributed by atoms with Crippen LogP contribution < -0.4 is 4.74 Å². The zero-order valence-corrected chi connectivity index (χ0v) is 8.03. The molecule has 16 heavy (non-hydrogen) atoms. The number of carbonyl (C=O) groups is 1. The van der Waals surface area contributed by atoms with Crippen LogP contribution in [-0.2, 0) is 6.61 Å². The number of aromatic carboxylic acids is 1. The largest absolute Gasteiger partial charge is 0.481 e. The van der Waals surface area contributed by atoms with Crippen molar-refractivity contribution in [2.75, 3.05) is 0 Å². The summed E-state index contributed by atoms with van der Waals surface area (Å²) in [4.78, 5) is 18.2. The maximum Gasteiger partial charge on any atom is 0.358 e. The van der Waals surface area contributed by atoms with E-state index in [4.69, 9.17) is 14.4 Å². The summed E-state index contributed by atoms with van der Waals surface area (Å²) in [6.45, 7) is 0.00593. The fourth-order valence-electron chi connectivity index (χ4n) is 1.07. The van der Waals surface area contributed by atoms with Crippen molar-refractivity contribution >= 4 is 5.97 Å². The fourth-order valence-corrected chi connectivity index (χ4v) is 1.07. The van der Waals surface area contributed by atoms with Crippen LogP contribution in [0, 0.1) is 0 Å². The Morgan fingerprint density at radius 2 is 2.38 bits per heavy atom. The number of hydrogen-bond acceptors (Lipinski definition) is 6. The van der Waals surface area contributed by atoms with Crippen molar-refractivity contribution in [3.05, 3.63) is 36.2 Å². The Hall–Kier alpha value is -2.44. The normalized spacial score (nSPS) is 10.0. The van der Waals surface area contributed by atoms with Crippen molar-refractivity contribution in [1.29, 1.82) is 0 Å². The molecule has 0 bridgehead atoms. The molecule has 0 radical (unpaired) electrons. The van der Waals surface area contributed by atoms with E-state index >= 15 is 0 Å². The lowest BCUT2D eigenvalue weighted by molar-refractivity contribution is 0.0684. The molecule has 0 aromatic carbocycles. The molecule has 0 fully saturated rings. The number of ether oxygens (including phenoxy) is 1. The number of aromatic nitrogens is 3. The van der Waals surface area contributed by atoms with E-state index in [2.05, 4.69) is 15.1 Å². The van der Waals surface area contributed by atoms with Crippen molar-refractivity contribution in [2.24, 2.45) is 0 Å². The molecule has 0 aliphatic heterocycles. The summed E-state index contributed by atoms with van der Waals surface area (Å²) in [5.74, 6) is -0.727. The number of nitrogens with zero attached hydrogens (tertiary/aromatic N) is 3. The predicted octanol–water partition coefficient (Wildman–Crippen LogP) is 0.742. The molecule has 0 amide bonds. The average Bonchev–Trinajstić information content (AvgIpc) is 2.79. The highest BCUT2D eigenvalue weighted by Crippen LogP contribution is 2.16. The lowest BCUT2D eigenvalue weighted by Crippen LogP contribution is -2.05. The fraction of sp³-hybridized carbons (Fsp3) is 0.111. The monoisotopic (exact) mass is 221 g/mol. The number of pyridine rings is 1. The molecule has 0 atom stereocenters. The highest BCUT2D eigenvalue weighted by atomic mass is 16.5. The zero-order chi connectivity index (χ0) is 11.4. The molecule has 2 aromatic heterocycles. The molecule has 7 nitrogen and oxygen atoms in total. The van der Waals surface area contributed by atoms with Gasteiger partial charge in [-0.25, -0.2) is 9.78 Å². The molecular weight excluding hydrogens is 214 g/mol. The lowest BCUT2D eigenvalue weighted by atomic mass is 10.3. The first kappa shape index (κ1) is 10.1. The number of carboxylic acids is 1. The smallest absolute Gasteiger partial charge is 0.358 e. The molecule has 1 N–H and O–H groups in total. The van der Waals surface area contributed by atoms with Gasteiger partial charge in [-0.05, 0) is 12.1 Å². The van der Waals surface area contributed by atoms with Gasteiger partial charge in [-0.15, -0.1) is 0 Å². The maximum absolute atomic E-state index is 10.8. The van der Waals surface area contributed by atoms with Crippen LogP contribution >= 0.6 is 0 Å². The Bertz CT molecular complexity index is 483. The molecule has 2 aromatic rings. The Morgan fingerprint density at radius 3 is 3.06 bits per heavy atom. The number of rotatable bonds is 4. The quantitative estimate of drug-likeness (QED) is 0.812. The molecule has 7 heteroatoms. The summed E-state index contributed by atoms with van der Waals surface area (Å²) in [6, 6.07) is 3.09. The summed E-state index contributed by atoms with van der Waals surface area (Å²) in [6.07, 6.45) is 2.61. The van der Waals surface area contributed by atoms with Crippen LogP contribution in [0.3, 0.4) is 0 Å². The van der Waals surface area contributed by atoms with Crippen molar-refractivity contribution < 1.29 is 19.2 Å². The van der Waals surface area contributed by atoms with E-state index in [-0.39, 0.29) is 23.9 Å². The van der Waals surface area contributed by atoms with E-state index < -0.39 is 5.97 Å². The van der Waals surface area contributed by atoms with Gasteiger partial charge in [0.2, 0.25) is 0 Å². The Labute approximate surface area is 89.7 Å². The van der Waals surface area contributed by atoms with Crippen molar-refractivity contribution in [3.8, 4) is 5.75 Å². The van der Waals surface area contributed by atoms with Gasteiger partial charge in [0, 0.05) is 6.20 Å². The summed E-state index contributed by atoms with van der Waals surface area (Å²) in [7, 11) is 0. The summed E-state index contributed by atoms with van der Waals surface area (Å²) < 4.78 is 9.90. The Morgan fingerprint density at radius 1 is 1.50 bits per heavy atom. The summed E-state index contributed by atoms with van der Waals surface area (Å²) in [5, 5.41) is 12.2. The maximum atomic E-state index is 10.8. The predicted molar refractivity (Wildman–Crippen MR) is 49.8 cm³/mol. The van der Waals surface area contributed by atoms with E-state index in [1.807, 2.05) is 0 Å². The van der Waals surface area contributed by atoms with Crippen LogP contribution in [0.2, 0.25) is 0 Å².